The molecular weight excluding hydrogens is 412 g/mol. The molecule has 1 aromatic heterocycles. The van der Waals surface area contributed by atoms with E-state index >= 15 is 0 Å². The number of aromatic nitrogens is 1. The topological polar surface area (TPSA) is 156 Å². The van der Waals surface area contributed by atoms with Crippen molar-refractivity contribution >= 4 is 40.4 Å². The monoisotopic (exact) mass is 423 g/mol. The maximum Gasteiger partial charge on any atom is 0.387 e. The summed E-state index contributed by atoms with van der Waals surface area (Å²) >= 11 is 0.903. The average Bonchev–Trinajstić information content (AvgIpc) is 2.74. The van der Waals surface area contributed by atoms with Gasteiger partial charge < -0.3 is 5.32 Å². The van der Waals surface area contributed by atoms with Gasteiger partial charge >= 0.3 is 5.69 Å². The number of carbonyl (C=O) groups is 1. The third kappa shape index (κ3) is 4.54. The van der Waals surface area contributed by atoms with Crippen LogP contribution in [0.2, 0.25) is 0 Å². The van der Waals surface area contributed by atoms with E-state index in [4.69, 9.17) is 5.39 Å². The van der Waals surface area contributed by atoms with Crippen molar-refractivity contribution in [3.8, 4) is 0 Å². The van der Waals surface area contributed by atoms with E-state index in [1.54, 1.807) is 18.2 Å². The van der Waals surface area contributed by atoms with Crippen molar-refractivity contribution in [3.05, 3.63) is 91.6 Å². The predicted octanol–water partition coefficient (Wildman–Crippen LogP) is 4.79. The van der Waals surface area contributed by atoms with Gasteiger partial charge in [-0.2, -0.15) is 0 Å². The molecule has 0 fully saturated rings. The van der Waals surface area contributed by atoms with E-state index in [9.17, 15) is 25.0 Å². The molecule has 1 N–H and O–H groups in total. The van der Waals surface area contributed by atoms with Crippen LogP contribution in [0.5, 0.6) is 0 Å². The molecule has 0 atom stereocenters. The molecule has 0 aliphatic rings. The van der Waals surface area contributed by atoms with Crippen LogP contribution < -0.4 is 5.32 Å². The van der Waals surface area contributed by atoms with Crippen LogP contribution in [0, 0.1) is 25.6 Å². The second kappa shape index (κ2) is 8.76. The van der Waals surface area contributed by atoms with Gasteiger partial charge in [0, 0.05) is 18.0 Å². The summed E-state index contributed by atoms with van der Waals surface area (Å²) in [5.41, 5.74) is -1.21. The number of benzene rings is 2. The summed E-state index contributed by atoms with van der Waals surface area (Å²) < 4.78 is 0. The van der Waals surface area contributed by atoms with Crippen LogP contribution in [-0.2, 0) is 0 Å². The zero-order valence-corrected chi connectivity index (χ0v) is 15.8. The van der Waals surface area contributed by atoms with E-state index in [0.29, 0.717) is 5.03 Å². The van der Waals surface area contributed by atoms with Gasteiger partial charge in [0.2, 0.25) is 5.39 Å². The molecule has 0 unspecified atom stereocenters. The largest absolute Gasteiger partial charge is 0.387 e. The maximum absolute atomic E-state index is 12.7. The van der Waals surface area contributed by atoms with Crippen molar-refractivity contribution in [2.75, 3.05) is 5.32 Å². The maximum atomic E-state index is 12.7. The lowest BCUT2D eigenvalue weighted by Crippen LogP contribution is -2.14. The number of anilines is 1. The smallest absolute Gasteiger partial charge is 0.321 e. The van der Waals surface area contributed by atoms with Gasteiger partial charge in [0.25, 0.3) is 17.3 Å². The van der Waals surface area contributed by atoms with Crippen LogP contribution in [0.4, 0.5) is 22.7 Å². The van der Waals surface area contributed by atoms with Crippen LogP contribution >= 0.6 is 11.8 Å². The molecule has 0 aliphatic heterocycles. The van der Waals surface area contributed by atoms with Crippen molar-refractivity contribution in [3.63, 3.8) is 0 Å². The highest BCUT2D eigenvalue weighted by molar-refractivity contribution is 7.99. The van der Waals surface area contributed by atoms with Crippen LogP contribution in [0.1, 0.15) is 10.4 Å². The van der Waals surface area contributed by atoms with E-state index in [1.807, 2.05) is 0 Å². The van der Waals surface area contributed by atoms with Gasteiger partial charge in [0.15, 0.2) is 4.98 Å². The first-order valence-electron chi connectivity index (χ1n) is 8.21. The summed E-state index contributed by atoms with van der Waals surface area (Å²) in [6, 6.07) is 12.6. The lowest BCUT2D eigenvalue weighted by molar-refractivity contribution is -0.396. The Morgan fingerprint density at radius 2 is 1.80 bits per heavy atom. The van der Waals surface area contributed by atoms with Crippen molar-refractivity contribution < 1.29 is 14.6 Å². The van der Waals surface area contributed by atoms with Gasteiger partial charge in [-0.25, -0.2) is 4.98 Å². The molecule has 0 saturated carbocycles. The van der Waals surface area contributed by atoms with Gasteiger partial charge in [0.05, 0.1) is 26.9 Å². The Bertz CT molecular complexity index is 1200. The molecule has 1 amide bonds. The van der Waals surface area contributed by atoms with Crippen LogP contribution in [-0.4, -0.2) is 20.7 Å². The third-order valence-electron chi connectivity index (χ3n) is 3.79. The molecule has 12 heteroatoms. The van der Waals surface area contributed by atoms with Crippen molar-refractivity contribution in [2.45, 2.75) is 9.92 Å². The Hall–Kier alpha value is -4.37. The van der Waals surface area contributed by atoms with E-state index in [-0.39, 0.29) is 21.8 Å². The summed E-state index contributed by atoms with van der Waals surface area (Å²) in [6.45, 7) is 0. The molecule has 0 aliphatic carbocycles. The van der Waals surface area contributed by atoms with Crippen molar-refractivity contribution in [1.82, 2.24) is 4.98 Å². The summed E-state index contributed by atoms with van der Waals surface area (Å²) in [5, 5.41) is 34.6. The number of nitrogens with one attached hydrogen (secondary N) is 1. The molecule has 0 spiro atoms. The van der Waals surface area contributed by atoms with E-state index < -0.39 is 27.1 Å². The number of nitro groups is 2. The zero-order valence-electron chi connectivity index (χ0n) is 15.0. The molecule has 11 nitrogen and oxygen atoms in total. The highest BCUT2D eigenvalue weighted by Gasteiger charge is 2.29. The first-order valence-corrected chi connectivity index (χ1v) is 9.03. The van der Waals surface area contributed by atoms with Crippen LogP contribution in [0.15, 0.2) is 70.7 Å². The van der Waals surface area contributed by atoms with E-state index in [1.165, 1.54) is 30.5 Å². The number of carbonyl (C=O) groups excluding carboxylic acids is 1. The fourth-order valence-electron chi connectivity index (χ4n) is 2.48. The fraction of sp³-hybridized carbons (Fsp3) is 0. The summed E-state index contributed by atoms with van der Waals surface area (Å²) in [5.74, 6) is -0.852. The molecule has 30 heavy (non-hydrogen) atoms. The quantitative estimate of drug-likeness (QED) is 0.337. The summed E-state index contributed by atoms with van der Waals surface area (Å²) in [4.78, 5) is 41.1. The summed E-state index contributed by atoms with van der Waals surface area (Å²) in [6.07, 6.45) is 1.49. The minimum absolute atomic E-state index is 0.0218. The lowest BCUT2D eigenvalue weighted by atomic mass is 10.1. The minimum Gasteiger partial charge on any atom is -0.321 e. The molecule has 1 heterocycles. The molecule has 3 aromatic rings. The standard InChI is InChI=1S/C18H10N6O5S/c19-22-12-5-3-4-11(8-12)21-18(25)13-9-16(30-17-6-1-2-7-20-17)15(24(28)29)10-14(13)23(26)27/h1-10H/p+1. The molecule has 0 saturated heterocycles. The van der Waals surface area contributed by atoms with E-state index in [0.717, 1.165) is 23.9 Å². The number of amides is 1. The van der Waals surface area contributed by atoms with Crippen molar-refractivity contribution in [2.24, 2.45) is 0 Å². The number of nitro benzene ring substituents is 2. The Morgan fingerprint density at radius 3 is 2.43 bits per heavy atom. The molecule has 2 aromatic carbocycles. The molecule has 148 valence electrons. The molecule has 3 rings (SSSR count). The first-order chi connectivity index (χ1) is 14.4. The summed E-state index contributed by atoms with van der Waals surface area (Å²) in [7, 11) is 0. The Balaban J connectivity index is 2.06. The average molecular weight is 423 g/mol. The Morgan fingerprint density at radius 1 is 1.03 bits per heavy atom. The predicted molar refractivity (Wildman–Crippen MR) is 107 cm³/mol. The number of pyridine rings is 1. The fourth-order valence-corrected chi connectivity index (χ4v) is 3.38. The normalized spacial score (nSPS) is 10.1. The second-order valence-corrected chi connectivity index (χ2v) is 6.79. The van der Waals surface area contributed by atoms with Gasteiger partial charge in [0.1, 0.15) is 10.6 Å². The van der Waals surface area contributed by atoms with Crippen LogP contribution in [0.3, 0.4) is 0 Å². The highest BCUT2D eigenvalue weighted by Crippen LogP contribution is 2.38. The number of hydrogen-bond donors (Lipinski definition) is 1. The minimum atomic E-state index is -0.864. The van der Waals surface area contributed by atoms with Crippen molar-refractivity contribution in [1.29, 1.82) is 5.39 Å². The Labute approximate surface area is 172 Å². The van der Waals surface area contributed by atoms with Gasteiger partial charge in [-0.3, -0.25) is 25.0 Å². The number of rotatable bonds is 6. The zero-order chi connectivity index (χ0) is 21.7. The molecular formula is C18H11N6O5S+. The lowest BCUT2D eigenvalue weighted by Gasteiger charge is -2.08. The molecule has 0 bridgehead atoms. The van der Waals surface area contributed by atoms with Gasteiger partial charge in [-0.1, -0.05) is 23.9 Å². The SMILES string of the molecule is N#[N+]c1cccc(NC(=O)c2cc(Sc3ccccn3)c([N+](=O)[O-])cc2[N+](=O)[O-])c1. The number of nitrogens with zero attached hydrogens (tertiary/aromatic N) is 5. The Kier molecular flexibility index (Phi) is 5.94. The number of hydrogen-bond acceptors (Lipinski definition) is 8. The van der Waals surface area contributed by atoms with Gasteiger partial charge in [-0.15, -0.1) is 0 Å². The van der Waals surface area contributed by atoms with Gasteiger partial charge in [-0.05, 0) is 24.3 Å². The first kappa shape index (κ1) is 20.4. The van der Waals surface area contributed by atoms with E-state index in [2.05, 4.69) is 15.3 Å². The second-order valence-electron chi connectivity index (χ2n) is 5.73. The molecule has 0 radical (unpaired) electrons. The third-order valence-corrected chi connectivity index (χ3v) is 4.78. The highest BCUT2D eigenvalue weighted by atomic mass is 32.2. The number of diazo groups is 1. The van der Waals surface area contributed by atoms with Crippen LogP contribution in [0.25, 0.3) is 4.98 Å².